The lowest BCUT2D eigenvalue weighted by atomic mass is 9.84. The SMILES string of the molecule is CC(C)=C1C=CCC1=C(C)C.CC(C)=C1CCCC1=C(C)C.CC(C)=C1CCCCC1=C(C)C.CC(C)C1=C(C(C)C)CC=CC1.CC(C)C1=C(C(C)C)CCC=C1. The molecule has 5 aliphatic carbocycles. The van der Waals surface area contributed by atoms with Gasteiger partial charge in [-0.05, 0) is 223 Å². The van der Waals surface area contributed by atoms with E-state index in [0.29, 0.717) is 5.92 Å². The lowest BCUT2D eigenvalue weighted by Gasteiger charge is -2.22. The summed E-state index contributed by atoms with van der Waals surface area (Å²) in [4.78, 5) is 0. The molecule has 0 unspecified atom stereocenters. The van der Waals surface area contributed by atoms with Crippen LogP contribution in [0, 0.1) is 23.7 Å². The summed E-state index contributed by atoms with van der Waals surface area (Å²) in [7, 11) is 0. The van der Waals surface area contributed by atoms with Gasteiger partial charge in [0.05, 0.1) is 0 Å². The minimum Gasteiger partial charge on any atom is -0.0841 e. The van der Waals surface area contributed by atoms with Gasteiger partial charge < -0.3 is 0 Å². The molecule has 0 saturated heterocycles. The van der Waals surface area contributed by atoms with Crippen molar-refractivity contribution in [1.82, 2.24) is 0 Å². The number of rotatable bonds is 4. The van der Waals surface area contributed by atoms with E-state index in [9.17, 15) is 0 Å². The van der Waals surface area contributed by atoms with E-state index < -0.39 is 0 Å². The highest BCUT2D eigenvalue weighted by Crippen LogP contribution is 2.36. The molecular formula is C58H94. The highest BCUT2D eigenvalue weighted by molar-refractivity contribution is 5.50. The van der Waals surface area contributed by atoms with Gasteiger partial charge in [-0.1, -0.05) is 142 Å². The molecule has 0 heterocycles. The van der Waals surface area contributed by atoms with E-state index in [2.05, 4.69) is 175 Å². The molecule has 326 valence electrons. The van der Waals surface area contributed by atoms with Crippen molar-refractivity contribution in [2.45, 2.75) is 216 Å². The molecule has 0 aromatic heterocycles. The molecule has 0 nitrogen and oxygen atoms in total. The van der Waals surface area contributed by atoms with E-state index in [-0.39, 0.29) is 0 Å². The van der Waals surface area contributed by atoms with Crippen molar-refractivity contribution in [2.75, 3.05) is 0 Å². The van der Waals surface area contributed by atoms with Gasteiger partial charge in [0.2, 0.25) is 0 Å². The van der Waals surface area contributed by atoms with Crippen LogP contribution < -0.4 is 0 Å². The molecule has 0 bridgehead atoms. The van der Waals surface area contributed by atoms with E-state index >= 15 is 0 Å². The Hall–Kier alpha value is -2.86. The molecule has 0 aromatic carbocycles. The van der Waals surface area contributed by atoms with Crippen LogP contribution in [-0.2, 0) is 0 Å². The molecule has 0 atom stereocenters. The zero-order chi connectivity index (χ0) is 44.3. The molecule has 2 saturated carbocycles. The highest BCUT2D eigenvalue weighted by Gasteiger charge is 2.17. The van der Waals surface area contributed by atoms with Gasteiger partial charge in [-0.25, -0.2) is 0 Å². The summed E-state index contributed by atoms with van der Waals surface area (Å²) < 4.78 is 0. The first kappa shape index (κ1) is 53.2. The van der Waals surface area contributed by atoms with Gasteiger partial charge in [-0.2, -0.15) is 0 Å². The van der Waals surface area contributed by atoms with Gasteiger partial charge in [0, 0.05) is 0 Å². The summed E-state index contributed by atoms with van der Waals surface area (Å²) in [6.07, 6.45) is 29.1. The summed E-state index contributed by atoms with van der Waals surface area (Å²) in [6, 6.07) is 0. The predicted octanol–water partition coefficient (Wildman–Crippen LogP) is 19.6. The fraction of sp³-hybridized carbons (Fsp3) is 0.621. The molecule has 58 heavy (non-hydrogen) atoms. The van der Waals surface area contributed by atoms with E-state index in [1.165, 1.54) is 115 Å². The van der Waals surface area contributed by atoms with Crippen LogP contribution in [0.25, 0.3) is 0 Å². The fourth-order valence-electron chi connectivity index (χ4n) is 9.08. The van der Waals surface area contributed by atoms with E-state index in [1.54, 1.807) is 44.6 Å². The average Bonchev–Trinajstić information content (AvgIpc) is 3.88. The van der Waals surface area contributed by atoms with Crippen molar-refractivity contribution < 1.29 is 0 Å². The third-order valence-electron chi connectivity index (χ3n) is 12.4. The van der Waals surface area contributed by atoms with Gasteiger partial charge in [-0.15, -0.1) is 0 Å². The minimum absolute atomic E-state index is 0.693. The molecule has 0 spiro atoms. The third-order valence-corrected chi connectivity index (χ3v) is 12.4. The Balaban J connectivity index is 0.000000363. The molecule has 0 amide bonds. The van der Waals surface area contributed by atoms with Crippen molar-refractivity contribution >= 4 is 0 Å². The van der Waals surface area contributed by atoms with E-state index in [1.807, 2.05) is 0 Å². The molecule has 0 aliphatic heterocycles. The molecule has 0 radical (unpaired) electrons. The van der Waals surface area contributed by atoms with Crippen molar-refractivity contribution in [3.63, 3.8) is 0 Å². The Morgan fingerprint density at radius 2 is 0.724 bits per heavy atom. The van der Waals surface area contributed by atoms with Crippen LogP contribution in [0.4, 0.5) is 0 Å². The Labute approximate surface area is 363 Å². The Kier molecular flexibility index (Phi) is 24.8. The quantitative estimate of drug-likeness (QED) is 0.249. The van der Waals surface area contributed by atoms with Gasteiger partial charge >= 0.3 is 0 Å². The van der Waals surface area contributed by atoms with E-state index in [4.69, 9.17) is 0 Å². The second kappa shape index (κ2) is 27.1. The molecular weight excluding hydrogens is 697 g/mol. The lowest BCUT2D eigenvalue weighted by molar-refractivity contribution is 0.654. The fourth-order valence-corrected chi connectivity index (χ4v) is 9.08. The van der Waals surface area contributed by atoms with Gasteiger partial charge in [-0.3, -0.25) is 0 Å². The van der Waals surface area contributed by atoms with Crippen molar-refractivity contribution in [3.05, 3.63) is 126 Å². The Bertz CT molecular complexity index is 1580. The largest absolute Gasteiger partial charge is 0.0841 e. The highest BCUT2D eigenvalue weighted by atomic mass is 14.2. The first-order chi connectivity index (χ1) is 27.1. The average molecular weight is 791 g/mol. The molecule has 2 fully saturated rings. The van der Waals surface area contributed by atoms with Crippen LogP contribution in [0.5, 0.6) is 0 Å². The Morgan fingerprint density at radius 1 is 0.345 bits per heavy atom. The number of hydrogen-bond donors (Lipinski definition) is 0. The maximum absolute atomic E-state index is 2.32. The first-order valence-electron chi connectivity index (χ1n) is 23.6. The molecule has 5 aliphatic rings. The van der Waals surface area contributed by atoms with E-state index in [0.717, 1.165) is 24.2 Å². The van der Waals surface area contributed by atoms with Crippen LogP contribution >= 0.6 is 0 Å². The normalized spacial score (nSPS) is 17.6. The van der Waals surface area contributed by atoms with Gasteiger partial charge in [0.15, 0.2) is 0 Å². The summed E-state index contributed by atoms with van der Waals surface area (Å²) in [5.74, 6) is 2.88. The number of hydrogen-bond acceptors (Lipinski definition) is 0. The van der Waals surface area contributed by atoms with Crippen molar-refractivity contribution in [1.29, 1.82) is 0 Å². The first-order valence-corrected chi connectivity index (χ1v) is 23.6. The smallest absolute Gasteiger partial charge is 0.00889 e. The van der Waals surface area contributed by atoms with Crippen molar-refractivity contribution in [2.24, 2.45) is 23.7 Å². The topological polar surface area (TPSA) is 0 Å². The summed E-state index contributed by atoms with van der Waals surface area (Å²) in [6.45, 7) is 45.0. The van der Waals surface area contributed by atoms with Crippen molar-refractivity contribution in [3.8, 4) is 0 Å². The predicted molar refractivity (Wildman–Crippen MR) is 266 cm³/mol. The molecule has 0 N–H and O–H groups in total. The molecule has 0 heteroatoms. The lowest BCUT2D eigenvalue weighted by Crippen LogP contribution is -2.06. The summed E-state index contributed by atoms with van der Waals surface area (Å²) in [5.41, 5.74) is 25.0. The zero-order valence-electron chi connectivity index (χ0n) is 42.3. The van der Waals surface area contributed by atoms with Crippen LogP contribution in [0.1, 0.15) is 216 Å². The van der Waals surface area contributed by atoms with Gasteiger partial charge in [0.1, 0.15) is 0 Å². The maximum atomic E-state index is 2.32. The number of allylic oxidation sites excluding steroid dienone is 22. The van der Waals surface area contributed by atoms with Crippen LogP contribution in [0.3, 0.4) is 0 Å². The standard InChI is InChI=1S/3C12H20.C11H18.C11H16/c3*1-9(2)11-7-5-6-8-12(11)10(3)4;2*1-8(2)10-6-5-7-11(10)9(3)4/h5-8H2,1-4H3;5,7,9-10H,6,8H2,1-4H3;5-6,9-10H,7-8H2,1-4H3;5-7H2,1-4H3;5-6H,7H2,1-4H3. The minimum atomic E-state index is 0.693. The third kappa shape index (κ3) is 17.8. The maximum Gasteiger partial charge on any atom is -0.00889 e. The van der Waals surface area contributed by atoms with Gasteiger partial charge in [0.25, 0.3) is 0 Å². The molecule has 5 rings (SSSR count). The van der Waals surface area contributed by atoms with Crippen LogP contribution in [0.15, 0.2) is 126 Å². The monoisotopic (exact) mass is 791 g/mol. The second-order valence-electron chi connectivity index (χ2n) is 19.9. The zero-order valence-corrected chi connectivity index (χ0v) is 42.3. The van der Waals surface area contributed by atoms with Crippen LogP contribution in [-0.4, -0.2) is 0 Å². The Morgan fingerprint density at radius 3 is 1.02 bits per heavy atom. The second-order valence-corrected chi connectivity index (χ2v) is 19.9. The van der Waals surface area contributed by atoms with Crippen LogP contribution in [0.2, 0.25) is 0 Å². The molecule has 0 aromatic rings. The summed E-state index contributed by atoms with van der Waals surface area (Å²) in [5, 5.41) is 0. The summed E-state index contributed by atoms with van der Waals surface area (Å²) >= 11 is 0.